The fourth-order valence-corrected chi connectivity index (χ4v) is 2.98. The molecule has 0 radical (unpaired) electrons. The van der Waals surface area contributed by atoms with E-state index in [1.54, 1.807) is 18.3 Å². The molecule has 1 aromatic heterocycles. The van der Waals surface area contributed by atoms with E-state index in [4.69, 9.17) is 10.00 Å². The summed E-state index contributed by atoms with van der Waals surface area (Å²) in [7, 11) is 0. The van der Waals surface area contributed by atoms with Crippen molar-refractivity contribution in [1.29, 1.82) is 5.26 Å². The molecular weight excluding hydrogens is 277 g/mol. The maximum Gasteiger partial charge on any atom is 0.143 e. The van der Waals surface area contributed by atoms with E-state index >= 15 is 0 Å². The highest BCUT2D eigenvalue weighted by Crippen LogP contribution is 2.29. The van der Waals surface area contributed by atoms with Crippen molar-refractivity contribution in [3.8, 4) is 6.07 Å². The molecule has 1 aliphatic heterocycles. The topological polar surface area (TPSA) is 49.2 Å². The van der Waals surface area contributed by atoms with Crippen LogP contribution in [0.15, 0.2) is 29.8 Å². The molecule has 1 aromatic carbocycles. The van der Waals surface area contributed by atoms with Crippen LogP contribution in [0.3, 0.4) is 0 Å². The lowest BCUT2D eigenvalue weighted by molar-refractivity contribution is 0.0396. The van der Waals surface area contributed by atoms with Gasteiger partial charge in [-0.05, 0) is 12.1 Å². The number of ether oxygens (including phenoxy) is 1. The molecule has 0 N–H and O–H groups in total. The van der Waals surface area contributed by atoms with E-state index in [1.807, 2.05) is 16.3 Å². The Kier molecular flexibility index (Phi) is 3.63. The number of thiazole rings is 1. The molecule has 2 heterocycles. The Morgan fingerprint density at radius 2 is 2.40 bits per heavy atom. The monoisotopic (exact) mass is 289 g/mol. The van der Waals surface area contributed by atoms with Gasteiger partial charge in [0.25, 0.3) is 0 Å². The maximum absolute atomic E-state index is 13.7. The highest BCUT2D eigenvalue weighted by molar-refractivity contribution is 7.09. The van der Waals surface area contributed by atoms with Crippen LogP contribution in [0.5, 0.6) is 0 Å². The van der Waals surface area contributed by atoms with Crippen LogP contribution in [0.1, 0.15) is 16.7 Å². The number of rotatable bonds is 2. The summed E-state index contributed by atoms with van der Waals surface area (Å²) >= 11 is 1.54. The summed E-state index contributed by atoms with van der Waals surface area (Å²) in [6.45, 7) is 1.75. The largest absolute Gasteiger partial charge is 0.367 e. The first-order valence-corrected chi connectivity index (χ1v) is 7.12. The summed E-state index contributed by atoms with van der Waals surface area (Å²) in [6.07, 6.45) is 1.61. The number of halogens is 1. The lowest BCUT2D eigenvalue weighted by Crippen LogP contribution is -2.38. The van der Waals surface area contributed by atoms with Crippen LogP contribution in [-0.2, 0) is 4.74 Å². The third-order valence-corrected chi connectivity index (χ3v) is 4.11. The van der Waals surface area contributed by atoms with Gasteiger partial charge < -0.3 is 9.64 Å². The summed E-state index contributed by atoms with van der Waals surface area (Å²) in [5.41, 5.74) is 0.713. The van der Waals surface area contributed by atoms with Gasteiger partial charge in [0, 0.05) is 18.1 Å². The number of benzene rings is 1. The normalized spacial score (nSPS) is 18.8. The highest BCUT2D eigenvalue weighted by atomic mass is 32.1. The van der Waals surface area contributed by atoms with E-state index in [2.05, 4.69) is 4.98 Å². The summed E-state index contributed by atoms with van der Waals surface area (Å²) in [4.78, 5) is 6.24. The molecule has 0 amide bonds. The van der Waals surface area contributed by atoms with Gasteiger partial charge in [-0.1, -0.05) is 6.07 Å². The van der Waals surface area contributed by atoms with E-state index in [-0.39, 0.29) is 11.7 Å². The highest BCUT2D eigenvalue weighted by Gasteiger charge is 2.26. The molecule has 0 spiro atoms. The third kappa shape index (κ3) is 2.38. The van der Waals surface area contributed by atoms with Gasteiger partial charge in [0.15, 0.2) is 0 Å². The van der Waals surface area contributed by atoms with Crippen molar-refractivity contribution in [2.45, 2.75) is 6.10 Å². The zero-order valence-corrected chi connectivity index (χ0v) is 11.4. The van der Waals surface area contributed by atoms with Crippen molar-refractivity contribution < 1.29 is 9.13 Å². The van der Waals surface area contributed by atoms with E-state index in [0.717, 1.165) is 5.01 Å². The second kappa shape index (κ2) is 5.57. The van der Waals surface area contributed by atoms with Gasteiger partial charge in [-0.15, -0.1) is 11.3 Å². The molecular formula is C14H12FN3OS. The van der Waals surface area contributed by atoms with Gasteiger partial charge in [0.2, 0.25) is 0 Å². The number of hydrogen-bond acceptors (Lipinski definition) is 5. The second-order valence-corrected chi connectivity index (χ2v) is 5.35. The lowest BCUT2D eigenvalue weighted by Gasteiger charge is -2.34. The minimum absolute atomic E-state index is 0.0901. The molecule has 1 fully saturated rings. The van der Waals surface area contributed by atoms with Crippen molar-refractivity contribution in [3.05, 3.63) is 46.2 Å². The quantitative estimate of drug-likeness (QED) is 0.853. The fraction of sp³-hybridized carbons (Fsp3) is 0.286. The standard InChI is InChI=1S/C14H12FN3OS/c15-11-2-1-3-12(10(11)8-16)18-5-6-19-13(9-18)14-17-4-7-20-14/h1-4,7,13H,5-6,9H2. The zero-order valence-electron chi connectivity index (χ0n) is 10.6. The number of nitriles is 1. The molecule has 4 nitrogen and oxygen atoms in total. The predicted molar refractivity (Wildman–Crippen MR) is 74.1 cm³/mol. The van der Waals surface area contributed by atoms with Crippen molar-refractivity contribution >= 4 is 17.0 Å². The number of anilines is 1. The molecule has 6 heteroatoms. The Bertz CT molecular complexity index is 638. The molecule has 0 saturated carbocycles. The minimum atomic E-state index is -0.484. The second-order valence-electron chi connectivity index (χ2n) is 4.42. The van der Waals surface area contributed by atoms with E-state index in [9.17, 15) is 4.39 Å². The number of nitrogens with zero attached hydrogens (tertiary/aromatic N) is 3. The van der Waals surface area contributed by atoms with Crippen LogP contribution >= 0.6 is 11.3 Å². The van der Waals surface area contributed by atoms with Gasteiger partial charge >= 0.3 is 0 Å². The van der Waals surface area contributed by atoms with Crippen LogP contribution in [0, 0.1) is 17.1 Å². The lowest BCUT2D eigenvalue weighted by atomic mass is 10.1. The summed E-state index contributed by atoms with van der Waals surface area (Å²) < 4.78 is 19.4. The number of hydrogen-bond donors (Lipinski definition) is 0. The Labute approximate surface area is 120 Å². The van der Waals surface area contributed by atoms with Gasteiger partial charge in [-0.3, -0.25) is 0 Å². The zero-order chi connectivity index (χ0) is 13.9. The molecule has 1 unspecified atom stereocenters. The predicted octanol–water partition coefficient (Wildman–Crippen LogP) is 2.73. The van der Waals surface area contributed by atoms with Crippen LogP contribution in [-0.4, -0.2) is 24.7 Å². The Balaban J connectivity index is 1.88. The van der Waals surface area contributed by atoms with Gasteiger partial charge in [-0.2, -0.15) is 5.26 Å². The molecule has 1 aliphatic rings. The Hall–Kier alpha value is -1.97. The van der Waals surface area contributed by atoms with Crippen LogP contribution in [0.4, 0.5) is 10.1 Å². The summed E-state index contributed by atoms with van der Waals surface area (Å²) in [6, 6.07) is 6.64. The van der Waals surface area contributed by atoms with Gasteiger partial charge in [-0.25, -0.2) is 9.37 Å². The number of morpholine rings is 1. The summed E-state index contributed by atoms with van der Waals surface area (Å²) in [5, 5.41) is 11.9. The average molecular weight is 289 g/mol. The first-order chi connectivity index (χ1) is 9.79. The van der Waals surface area contributed by atoms with E-state index in [0.29, 0.717) is 25.4 Å². The van der Waals surface area contributed by atoms with Crippen LogP contribution in [0.25, 0.3) is 0 Å². The molecule has 20 heavy (non-hydrogen) atoms. The van der Waals surface area contributed by atoms with Crippen LogP contribution in [0.2, 0.25) is 0 Å². The van der Waals surface area contributed by atoms with Crippen LogP contribution < -0.4 is 4.90 Å². The first-order valence-electron chi connectivity index (χ1n) is 6.24. The first kappa shape index (κ1) is 13.0. The molecule has 2 aromatic rings. The van der Waals surface area contributed by atoms with E-state index < -0.39 is 5.82 Å². The minimum Gasteiger partial charge on any atom is -0.367 e. The average Bonchev–Trinajstić information content (AvgIpc) is 3.01. The van der Waals surface area contributed by atoms with Crippen molar-refractivity contribution in [2.24, 2.45) is 0 Å². The smallest absolute Gasteiger partial charge is 0.143 e. The molecule has 3 rings (SSSR count). The van der Waals surface area contributed by atoms with Gasteiger partial charge in [0.1, 0.15) is 28.6 Å². The van der Waals surface area contributed by atoms with Crippen molar-refractivity contribution in [1.82, 2.24) is 4.98 Å². The Morgan fingerprint density at radius 3 is 3.15 bits per heavy atom. The van der Waals surface area contributed by atoms with Crippen molar-refractivity contribution in [2.75, 3.05) is 24.6 Å². The number of aromatic nitrogens is 1. The molecule has 102 valence electrons. The molecule has 0 bridgehead atoms. The van der Waals surface area contributed by atoms with Gasteiger partial charge in [0.05, 0.1) is 18.8 Å². The summed E-state index contributed by atoms with van der Waals surface area (Å²) in [5.74, 6) is -0.484. The van der Waals surface area contributed by atoms with Crippen molar-refractivity contribution in [3.63, 3.8) is 0 Å². The molecule has 1 saturated heterocycles. The Morgan fingerprint density at radius 1 is 1.50 bits per heavy atom. The SMILES string of the molecule is N#Cc1c(F)cccc1N1CCOC(c2nccs2)C1. The fourth-order valence-electron chi connectivity index (χ4n) is 2.30. The third-order valence-electron chi connectivity index (χ3n) is 3.24. The van der Waals surface area contributed by atoms with E-state index in [1.165, 1.54) is 17.4 Å². The molecule has 0 aliphatic carbocycles. The maximum atomic E-state index is 13.7. The molecule has 1 atom stereocenters.